The molecule has 2 bridgehead atoms. The van der Waals surface area contributed by atoms with Crippen LogP contribution in [0.5, 0.6) is 11.5 Å². The van der Waals surface area contributed by atoms with Gasteiger partial charge < -0.3 is 9.84 Å². The molecular formula is C20H28O2. The van der Waals surface area contributed by atoms with Crippen molar-refractivity contribution in [2.75, 3.05) is 0 Å². The van der Waals surface area contributed by atoms with E-state index in [1.165, 1.54) is 55.2 Å². The Morgan fingerprint density at radius 3 is 2.77 bits per heavy atom. The lowest BCUT2D eigenvalue weighted by molar-refractivity contribution is 0.0518. The first-order valence-corrected chi connectivity index (χ1v) is 9.19. The van der Waals surface area contributed by atoms with Crippen LogP contribution in [-0.4, -0.2) is 10.7 Å². The molecule has 3 atom stereocenters. The summed E-state index contributed by atoms with van der Waals surface area (Å²) in [7, 11) is 0. The van der Waals surface area contributed by atoms with Gasteiger partial charge in [0.05, 0.1) is 0 Å². The molecule has 2 aliphatic carbocycles. The van der Waals surface area contributed by atoms with Crippen LogP contribution in [0.2, 0.25) is 0 Å². The van der Waals surface area contributed by atoms with E-state index < -0.39 is 0 Å². The second kappa shape index (κ2) is 5.18. The highest BCUT2D eigenvalue weighted by Gasteiger charge is 2.44. The Hall–Kier alpha value is -1.18. The molecule has 2 nitrogen and oxygen atoms in total. The second-order valence-electron chi connectivity index (χ2n) is 7.93. The van der Waals surface area contributed by atoms with Crippen molar-refractivity contribution >= 4 is 0 Å². The fraction of sp³-hybridized carbons (Fsp3) is 0.700. The molecule has 0 aromatic heterocycles. The molecule has 1 heterocycles. The first kappa shape index (κ1) is 14.4. The van der Waals surface area contributed by atoms with Gasteiger partial charge in [0.2, 0.25) is 0 Å². The van der Waals surface area contributed by atoms with Crippen molar-refractivity contribution in [3.05, 3.63) is 22.8 Å². The van der Waals surface area contributed by atoms with Crippen molar-refractivity contribution in [3.8, 4) is 11.5 Å². The molecule has 1 aromatic rings. The van der Waals surface area contributed by atoms with Gasteiger partial charge in [-0.05, 0) is 75.3 Å². The van der Waals surface area contributed by atoms with Crippen molar-refractivity contribution in [2.24, 2.45) is 0 Å². The zero-order valence-corrected chi connectivity index (χ0v) is 14.0. The maximum Gasteiger partial charge on any atom is 0.127 e. The molecule has 0 amide bonds. The molecule has 3 unspecified atom stereocenters. The molecule has 2 heteroatoms. The third-order valence-corrected chi connectivity index (χ3v) is 6.24. The average molecular weight is 300 g/mol. The number of fused-ring (bicyclic) bond motifs is 7. The number of phenolic OH excluding ortho intramolecular Hbond substituents is 1. The summed E-state index contributed by atoms with van der Waals surface area (Å²) >= 11 is 0. The van der Waals surface area contributed by atoms with E-state index in [0.29, 0.717) is 17.6 Å². The van der Waals surface area contributed by atoms with Crippen LogP contribution in [-0.2, 0) is 6.42 Å². The van der Waals surface area contributed by atoms with Gasteiger partial charge >= 0.3 is 0 Å². The smallest absolute Gasteiger partial charge is 0.127 e. The summed E-state index contributed by atoms with van der Waals surface area (Å²) in [5.41, 5.74) is 3.85. The third kappa shape index (κ3) is 2.14. The Morgan fingerprint density at radius 1 is 1.23 bits per heavy atom. The Bertz CT molecular complexity index is 592. The number of ether oxygens (including phenoxy) is 1. The third-order valence-electron chi connectivity index (χ3n) is 6.24. The molecule has 1 aromatic carbocycles. The average Bonchev–Trinajstić information content (AvgIpc) is 3.10. The lowest BCUT2D eigenvalue weighted by Gasteiger charge is -2.38. The summed E-state index contributed by atoms with van der Waals surface area (Å²) in [6.45, 7) is 4.55. The summed E-state index contributed by atoms with van der Waals surface area (Å²) in [6.07, 6.45) is 10.9. The molecular weight excluding hydrogens is 272 g/mol. The zero-order chi connectivity index (χ0) is 15.3. The number of benzene rings is 1. The molecule has 3 aliphatic rings. The summed E-state index contributed by atoms with van der Waals surface area (Å²) in [6, 6.07) is 2.00. The maximum absolute atomic E-state index is 10.5. The normalized spacial score (nSPS) is 31.7. The lowest BCUT2D eigenvalue weighted by atomic mass is 9.83. The van der Waals surface area contributed by atoms with Gasteiger partial charge in [0.25, 0.3) is 0 Å². The van der Waals surface area contributed by atoms with Gasteiger partial charge in [-0.1, -0.05) is 19.8 Å². The summed E-state index contributed by atoms with van der Waals surface area (Å²) in [4.78, 5) is 0. The number of hydrogen-bond donors (Lipinski definition) is 1. The minimum absolute atomic E-state index is 0.00521. The SMILES string of the molecule is CCCCCC1(C)CCc2cc(O)c3c(c2O1)C1CCC3C1. The minimum atomic E-state index is -0.00521. The van der Waals surface area contributed by atoms with Gasteiger partial charge in [-0.25, -0.2) is 0 Å². The van der Waals surface area contributed by atoms with Crippen molar-refractivity contribution in [3.63, 3.8) is 0 Å². The standard InChI is InChI=1S/C20H28O2/c1-3-4-5-9-20(2)10-8-15-12-16(21)17-13-6-7-14(11-13)18(17)19(15)22-20/h12-14,21H,3-11H2,1-2H3. The Balaban J connectivity index is 1.67. The predicted octanol–water partition coefficient (Wildman–Crippen LogP) is 5.42. The Morgan fingerprint density at radius 2 is 2.00 bits per heavy atom. The van der Waals surface area contributed by atoms with Crippen molar-refractivity contribution < 1.29 is 9.84 Å². The molecule has 1 fully saturated rings. The number of phenols is 1. The van der Waals surface area contributed by atoms with Gasteiger partial charge in [-0.15, -0.1) is 0 Å². The fourth-order valence-corrected chi connectivity index (χ4v) is 5.01. The largest absolute Gasteiger partial charge is 0.508 e. The number of rotatable bonds is 4. The maximum atomic E-state index is 10.5. The molecule has 120 valence electrons. The molecule has 0 spiro atoms. The fourth-order valence-electron chi connectivity index (χ4n) is 5.01. The summed E-state index contributed by atoms with van der Waals surface area (Å²) in [5, 5.41) is 10.5. The van der Waals surface area contributed by atoms with E-state index in [-0.39, 0.29) is 5.60 Å². The minimum Gasteiger partial charge on any atom is -0.508 e. The molecule has 22 heavy (non-hydrogen) atoms. The molecule has 1 N–H and O–H groups in total. The first-order chi connectivity index (χ1) is 10.6. The van der Waals surface area contributed by atoms with E-state index in [1.807, 2.05) is 6.07 Å². The number of hydrogen-bond acceptors (Lipinski definition) is 2. The van der Waals surface area contributed by atoms with Gasteiger partial charge in [0.1, 0.15) is 17.1 Å². The number of aromatic hydroxyl groups is 1. The number of unbranched alkanes of at least 4 members (excludes halogenated alkanes) is 2. The Labute approximate surface area is 133 Å². The topological polar surface area (TPSA) is 29.5 Å². The van der Waals surface area contributed by atoms with Crippen molar-refractivity contribution in [2.45, 2.75) is 89.1 Å². The molecule has 1 saturated carbocycles. The molecule has 0 radical (unpaired) electrons. The second-order valence-corrected chi connectivity index (χ2v) is 7.93. The lowest BCUT2D eigenvalue weighted by Crippen LogP contribution is -2.37. The van der Waals surface area contributed by atoms with Crippen LogP contribution in [0.4, 0.5) is 0 Å². The van der Waals surface area contributed by atoms with Crippen LogP contribution >= 0.6 is 0 Å². The molecule has 1 aliphatic heterocycles. The highest BCUT2D eigenvalue weighted by atomic mass is 16.5. The number of aryl methyl sites for hydroxylation is 1. The molecule has 4 rings (SSSR count). The summed E-state index contributed by atoms with van der Waals surface area (Å²) in [5.74, 6) is 2.92. The van der Waals surface area contributed by atoms with E-state index >= 15 is 0 Å². The van der Waals surface area contributed by atoms with E-state index in [9.17, 15) is 5.11 Å². The summed E-state index contributed by atoms with van der Waals surface area (Å²) < 4.78 is 6.61. The van der Waals surface area contributed by atoms with Crippen LogP contribution in [0, 0.1) is 0 Å². The quantitative estimate of drug-likeness (QED) is 0.752. The highest BCUT2D eigenvalue weighted by Crippen LogP contribution is 2.60. The molecule has 0 saturated heterocycles. The van der Waals surface area contributed by atoms with Gasteiger partial charge in [-0.3, -0.25) is 0 Å². The monoisotopic (exact) mass is 300 g/mol. The van der Waals surface area contributed by atoms with E-state index in [0.717, 1.165) is 25.0 Å². The van der Waals surface area contributed by atoms with Crippen LogP contribution in [0.25, 0.3) is 0 Å². The van der Waals surface area contributed by atoms with Gasteiger partial charge in [-0.2, -0.15) is 0 Å². The van der Waals surface area contributed by atoms with Crippen molar-refractivity contribution in [1.29, 1.82) is 0 Å². The zero-order valence-electron chi connectivity index (χ0n) is 14.0. The van der Waals surface area contributed by atoms with Gasteiger partial charge in [0.15, 0.2) is 0 Å². The highest BCUT2D eigenvalue weighted by molar-refractivity contribution is 5.60. The van der Waals surface area contributed by atoms with Crippen LogP contribution in [0.15, 0.2) is 6.07 Å². The van der Waals surface area contributed by atoms with Crippen molar-refractivity contribution in [1.82, 2.24) is 0 Å². The van der Waals surface area contributed by atoms with E-state index in [1.54, 1.807) is 0 Å². The van der Waals surface area contributed by atoms with E-state index in [2.05, 4.69) is 13.8 Å². The van der Waals surface area contributed by atoms with Crippen LogP contribution in [0.3, 0.4) is 0 Å². The van der Waals surface area contributed by atoms with Gasteiger partial charge in [0, 0.05) is 11.1 Å². The van der Waals surface area contributed by atoms with E-state index in [4.69, 9.17) is 4.74 Å². The first-order valence-electron chi connectivity index (χ1n) is 9.19. The van der Waals surface area contributed by atoms with Crippen LogP contribution in [0.1, 0.15) is 93.7 Å². The Kier molecular flexibility index (Phi) is 3.39. The van der Waals surface area contributed by atoms with Crippen LogP contribution < -0.4 is 4.74 Å². The predicted molar refractivity (Wildman–Crippen MR) is 88.9 cm³/mol.